The van der Waals surface area contributed by atoms with E-state index in [1.807, 2.05) is 18.2 Å². The van der Waals surface area contributed by atoms with Crippen molar-refractivity contribution in [1.29, 1.82) is 0 Å². The number of hydrogen-bond donors (Lipinski definition) is 0. The van der Waals surface area contributed by atoms with Gasteiger partial charge >= 0.3 is 0 Å². The van der Waals surface area contributed by atoms with Gasteiger partial charge in [-0.2, -0.15) is 0 Å². The molecule has 88 valence electrons. The van der Waals surface area contributed by atoms with Crippen LogP contribution in [-0.2, 0) is 0 Å². The highest BCUT2D eigenvalue weighted by Crippen LogP contribution is 2.31. The quantitative estimate of drug-likeness (QED) is 0.775. The summed E-state index contributed by atoms with van der Waals surface area (Å²) < 4.78 is 5.15. The molecule has 0 bridgehead atoms. The molecule has 0 fully saturated rings. The first-order chi connectivity index (χ1) is 8.22. The molecular formula is C15H15ClO. The molecule has 1 atom stereocenters. The van der Waals surface area contributed by atoms with Gasteiger partial charge in [0.25, 0.3) is 0 Å². The van der Waals surface area contributed by atoms with Crippen LogP contribution in [-0.4, -0.2) is 7.11 Å². The van der Waals surface area contributed by atoms with E-state index in [0.717, 1.165) is 5.75 Å². The van der Waals surface area contributed by atoms with Gasteiger partial charge in [-0.25, -0.2) is 0 Å². The van der Waals surface area contributed by atoms with Crippen molar-refractivity contribution in [2.45, 2.75) is 12.8 Å². The van der Waals surface area contributed by atoms with Gasteiger partial charge in [0.2, 0.25) is 0 Å². The van der Waals surface area contributed by atoms with E-state index in [9.17, 15) is 0 Å². The fraction of sp³-hybridized carbons (Fsp3) is 0.200. The van der Waals surface area contributed by atoms with Gasteiger partial charge in [0.1, 0.15) is 5.75 Å². The van der Waals surface area contributed by atoms with Crippen molar-refractivity contribution in [1.82, 2.24) is 0 Å². The third-order valence-corrected chi connectivity index (χ3v) is 3.27. The Bertz CT molecular complexity index is 494. The van der Waals surface area contributed by atoms with Crippen LogP contribution >= 0.6 is 11.6 Å². The topological polar surface area (TPSA) is 9.23 Å². The lowest BCUT2D eigenvalue weighted by atomic mass is 9.93. The van der Waals surface area contributed by atoms with Crippen molar-refractivity contribution in [2.75, 3.05) is 7.11 Å². The summed E-state index contributed by atoms with van der Waals surface area (Å²) >= 11 is 6.14. The van der Waals surface area contributed by atoms with Gasteiger partial charge in [-0.3, -0.25) is 0 Å². The van der Waals surface area contributed by atoms with Crippen LogP contribution in [0.5, 0.6) is 5.75 Å². The summed E-state index contributed by atoms with van der Waals surface area (Å²) in [7, 11) is 1.63. The fourth-order valence-corrected chi connectivity index (χ4v) is 2.15. The molecule has 0 unspecified atom stereocenters. The highest BCUT2D eigenvalue weighted by molar-refractivity contribution is 6.32. The fourth-order valence-electron chi connectivity index (χ4n) is 1.89. The zero-order valence-electron chi connectivity index (χ0n) is 9.98. The van der Waals surface area contributed by atoms with Crippen LogP contribution in [0.4, 0.5) is 0 Å². The van der Waals surface area contributed by atoms with Crippen molar-refractivity contribution in [2.24, 2.45) is 0 Å². The highest BCUT2D eigenvalue weighted by atomic mass is 35.5. The molecule has 1 nitrogen and oxygen atoms in total. The van der Waals surface area contributed by atoms with E-state index in [-0.39, 0.29) is 0 Å². The monoisotopic (exact) mass is 246 g/mol. The third-order valence-electron chi connectivity index (χ3n) is 2.98. The molecular weight excluding hydrogens is 232 g/mol. The largest absolute Gasteiger partial charge is 0.495 e. The summed E-state index contributed by atoms with van der Waals surface area (Å²) in [5.74, 6) is 1.05. The Morgan fingerprint density at radius 3 is 2.29 bits per heavy atom. The van der Waals surface area contributed by atoms with Gasteiger partial charge in [0.05, 0.1) is 12.1 Å². The number of benzene rings is 2. The Kier molecular flexibility index (Phi) is 3.70. The van der Waals surface area contributed by atoms with Crippen LogP contribution in [0, 0.1) is 0 Å². The molecule has 0 saturated heterocycles. The lowest BCUT2D eigenvalue weighted by molar-refractivity contribution is 0.415. The van der Waals surface area contributed by atoms with Crippen LogP contribution in [0.2, 0.25) is 5.02 Å². The summed E-state index contributed by atoms with van der Waals surface area (Å²) in [5, 5.41) is 0.660. The number of halogens is 1. The minimum Gasteiger partial charge on any atom is -0.495 e. The summed E-state index contributed by atoms with van der Waals surface area (Å²) in [4.78, 5) is 0. The van der Waals surface area contributed by atoms with Crippen LogP contribution in [0.25, 0.3) is 0 Å². The van der Waals surface area contributed by atoms with Gasteiger partial charge in [-0.1, -0.05) is 54.9 Å². The molecule has 0 saturated carbocycles. The molecule has 17 heavy (non-hydrogen) atoms. The Hall–Kier alpha value is -1.47. The molecule has 2 rings (SSSR count). The maximum atomic E-state index is 6.14. The zero-order valence-corrected chi connectivity index (χ0v) is 10.7. The van der Waals surface area contributed by atoms with Crippen LogP contribution in [0.1, 0.15) is 24.0 Å². The van der Waals surface area contributed by atoms with E-state index in [4.69, 9.17) is 16.3 Å². The smallest absolute Gasteiger partial charge is 0.137 e. The highest BCUT2D eigenvalue weighted by Gasteiger charge is 2.10. The standard InChI is InChI=1S/C15H15ClO/c1-11(12-6-4-3-5-7-12)13-8-9-15(17-2)14(16)10-13/h3-11H,1-2H3/t11-/m0/s1. The molecule has 0 N–H and O–H groups in total. The van der Waals surface area contributed by atoms with Crippen molar-refractivity contribution in [3.8, 4) is 5.75 Å². The summed E-state index contributed by atoms with van der Waals surface area (Å²) in [6, 6.07) is 16.3. The summed E-state index contributed by atoms with van der Waals surface area (Å²) in [5.41, 5.74) is 2.48. The Morgan fingerprint density at radius 2 is 1.71 bits per heavy atom. The van der Waals surface area contributed by atoms with Crippen molar-refractivity contribution >= 4 is 11.6 Å². The van der Waals surface area contributed by atoms with Gasteiger partial charge < -0.3 is 4.74 Å². The molecule has 0 aliphatic rings. The van der Waals surface area contributed by atoms with E-state index >= 15 is 0 Å². The minimum absolute atomic E-state index is 0.333. The normalized spacial score (nSPS) is 12.2. The van der Waals surface area contributed by atoms with Crippen LogP contribution in [0.3, 0.4) is 0 Å². The molecule has 0 aliphatic carbocycles. The predicted octanol–water partition coefficient (Wildman–Crippen LogP) is 4.50. The van der Waals surface area contributed by atoms with Crippen molar-refractivity contribution in [3.05, 3.63) is 64.7 Å². The molecule has 0 amide bonds. The maximum Gasteiger partial charge on any atom is 0.137 e. The molecule has 0 aromatic heterocycles. The molecule has 0 aliphatic heterocycles. The molecule has 0 spiro atoms. The number of methoxy groups -OCH3 is 1. The van der Waals surface area contributed by atoms with Crippen molar-refractivity contribution < 1.29 is 4.74 Å². The third kappa shape index (κ3) is 2.62. The Balaban J connectivity index is 2.32. The molecule has 2 aromatic carbocycles. The molecule has 0 radical (unpaired) electrons. The lowest BCUT2D eigenvalue weighted by Crippen LogP contribution is -1.96. The van der Waals surface area contributed by atoms with Gasteiger partial charge in [0.15, 0.2) is 0 Å². The number of hydrogen-bond acceptors (Lipinski definition) is 1. The number of ether oxygens (including phenoxy) is 1. The van der Waals surface area contributed by atoms with E-state index in [1.54, 1.807) is 7.11 Å². The predicted molar refractivity (Wildman–Crippen MR) is 72.0 cm³/mol. The van der Waals surface area contributed by atoms with E-state index in [2.05, 4.69) is 37.3 Å². The average Bonchev–Trinajstić information content (AvgIpc) is 2.39. The first-order valence-corrected chi connectivity index (χ1v) is 5.98. The average molecular weight is 247 g/mol. The van der Waals surface area contributed by atoms with Gasteiger partial charge in [-0.05, 0) is 23.3 Å². The van der Waals surface area contributed by atoms with E-state index in [0.29, 0.717) is 10.9 Å². The second-order valence-electron chi connectivity index (χ2n) is 4.03. The van der Waals surface area contributed by atoms with Gasteiger partial charge in [0, 0.05) is 5.92 Å². The SMILES string of the molecule is COc1ccc([C@@H](C)c2ccccc2)cc1Cl. The van der Waals surface area contributed by atoms with E-state index in [1.165, 1.54) is 11.1 Å². The molecule has 2 aromatic rings. The van der Waals surface area contributed by atoms with Crippen molar-refractivity contribution in [3.63, 3.8) is 0 Å². The van der Waals surface area contributed by atoms with E-state index < -0.39 is 0 Å². The minimum atomic E-state index is 0.333. The second-order valence-corrected chi connectivity index (χ2v) is 4.43. The molecule has 0 heterocycles. The summed E-state index contributed by atoms with van der Waals surface area (Å²) in [6.45, 7) is 2.17. The van der Waals surface area contributed by atoms with Crippen LogP contribution < -0.4 is 4.74 Å². The first-order valence-electron chi connectivity index (χ1n) is 5.60. The Morgan fingerprint density at radius 1 is 1.00 bits per heavy atom. The summed E-state index contributed by atoms with van der Waals surface area (Å²) in [6.07, 6.45) is 0. The molecule has 2 heteroatoms. The maximum absolute atomic E-state index is 6.14. The van der Waals surface area contributed by atoms with Gasteiger partial charge in [-0.15, -0.1) is 0 Å². The van der Waals surface area contributed by atoms with Crippen LogP contribution in [0.15, 0.2) is 48.5 Å². The lowest BCUT2D eigenvalue weighted by Gasteiger charge is -2.13. The number of rotatable bonds is 3. The zero-order chi connectivity index (χ0) is 12.3. The Labute approximate surface area is 107 Å². The second kappa shape index (κ2) is 5.24. The first kappa shape index (κ1) is 12.0.